The molecule has 0 spiro atoms. The first-order valence-corrected chi connectivity index (χ1v) is 4.34. The Bertz CT molecular complexity index is 319. The van der Waals surface area contributed by atoms with Crippen LogP contribution in [0.15, 0.2) is 24.4 Å². The molecular formula is C10H11ClN2S. The molecule has 4 heteroatoms. The van der Waals surface area contributed by atoms with Crippen molar-refractivity contribution < 1.29 is 0 Å². The van der Waals surface area contributed by atoms with Crippen LogP contribution in [0.2, 0.25) is 0 Å². The predicted molar refractivity (Wildman–Crippen MR) is 64.6 cm³/mol. The van der Waals surface area contributed by atoms with Crippen molar-refractivity contribution in [3.05, 3.63) is 30.1 Å². The maximum absolute atomic E-state index is 5.08. The summed E-state index contributed by atoms with van der Waals surface area (Å²) in [4.78, 5) is 4.88. The number of aromatic nitrogens is 1. The van der Waals surface area contributed by atoms with Crippen molar-refractivity contribution in [1.29, 1.82) is 0 Å². The number of nitrogens with zero attached hydrogens (tertiary/aromatic N) is 1. The van der Waals surface area contributed by atoms with Gasteiger partial charge in [-0.3, -0.25) is 4.98 Å². The lowest BCUT2D eigenvalue weighted by molar-refractivity contribution is 1.03. The summed E-state index contributed by atoms with van der Waals surface area (Å²) in [7, 11) is 0. The maximum Gasteiger partial charge on any atom is 0.0821 e. The summed E-state index contributed by atoms with van der Waals surface area (Å²) >= 11 is 5.05. The molecule has 0 saturated carbocycles. The highest BCUT2D eigenvalue weighted by Gasteiger charge is 1.97. The van der Waals surface area contributed by atoms with E-state index in [-0.39, 0.29) is 12.4 Å². The van der Waals surface area contributed by atoms with Gasteiger partial charge in [-0.05, 0) is 12.1 Å². The minimum atomic E-state index is 0. The summed E-state index contributed by atoms with van der Waals surface area (Å²) in [5.41, 5.74) is 0.956. The smallest absolute Gasteiger partial charge is 0.0821 e. The molecule has 1 heterocycles. The lowest BCUT2D eigenvalue weighted by Crippen LogP contribution is -2.23. The fourth-order valence-electron chi connectivity index (χ4n) is 0.879. The molecule has 14 heavy (non-hydrogen) atoms. The van der Waals surface area contributed by atoms with Crippen LogP contribution in [0.3, 0.4) is 0 Å². The predicted octanol–water partition coefficient (Wildman–Crippen LogP) is 1.60. The van der Waals surface area contributed by atoms with E-state index >= 15 is 0 Å². The van der Waals surface area contributed by atoms with E-state index in [9.17, 15) is 0 Å². The Labute approximate surface area is 95.5 Å². The standard InChI is InChI=1S/C10H10N2S.ClH/c1-2-6-12-10(13)8-9-5-3-4-7-11-9;/h1,3-5,7H,6,8H2,(H,12,13);1H. The van der Waals surface area contributed by atoms with Crippen LogP contribution in [-0.2, 0) is 6.42 Å². The van der Waals surface area contributed by atoms with Gasteiger partial charge in [0.25, 0.3) is 0 Å². The van der Waals surface area contributed by atoms with Crippen LogP contribution in [0.1, 0.15) is 5.69 Å². The number of thiocarbonyl (C=S) groups is 1. The van der Waals surface area contributed by atoms with Gasteiger partial charge in [0.15, 0.2) is 0 Å². The Morgan fingerprint density at radius 1 is 1.57 bits per heavy atom. The second-order valence-electron chi connectivity index (χ2n) is 2.48. The van der Waals surface area contributed by atoms with Crippen molar-refractivity contribution in [2.45, 2.75) is 6.42 Å². The van der Waals surface area contributed by atoms with E-state index in [2.05, 4.69) is 16.2 Å². The first-order valence-electron chi connectivity index (χ1n) is 3.93. The Balaban J connectivity index is 0.00000169. The van der Waals surface area contributed by atoms with Gasteiger partial charge in [-0.15, -0.1) is 18.8 Å². The van der Waals surface area contributed by atoms with Gasteiger partial charge in [0, 0.05) is 18.3 Å². The van der Waals surface area contributed by atoms with E-state index in [1.807, 2.05) is 18.2 Å². The lowest BCUT2D eigenvalue weighted by atomic mass is 10.3. The van der Waals surface area contributed by atoms with Crippen LogP contribution in [0.5, 0.6) is 0 Å². The van der Waals surface area contributed by atoms with Crippen molar-refractivity contribution in [1.82, 2.24) is 10.3 Å². The van der Waals surface area contributed by atoms with Crippen LogP contribution < -0.4 is 5.32 Å². The molecule has 1 N–H and O–H groups in total. The third kappa shape index (κ3) is 4.80. The van der Waals surface area contributed by atoms with Gasteiger partial charge in [0.05, 0.1) is 11.5 Å². The summed E-state index contributed by atoms with van der Waals surface area (Å²) in [6.45, 7) is 0.478. The van der Waals surface area contributed by atoms with Crippen LogP contribution in [0.25, 0.3) is 0 Å². The molecule has 1 aromatic heterocycles. The Morgan fingerprint density at radius 2 is 2.36 bits per heavy atom. The van der Waals surface area contributed by atoms with Gasteiger partial charge in [-0.1, -0.05) is 24.2 Å². The van der Waals surface area contributed by atoms with E-state index < -0.39 is 0 Å². The number of pyridine rings is 1. The molecule has 0 amide bonds. The van der Waals surface area contributed by atoms with Gasteiger partial charge in [-0.2, -0.15) is 0 Å². The molecule has 0 aromatic carbocycles. The topological polar surface area (TPSA) is 24.9 Å². The zero-order valence-corrected chi connectivity index (χ0v) is 9.20. The highest BCUT2D eigenvalue weighted by Crippen LogP contribution is 1.94. The van der Waals surface area contributed by atoms with Gasteiger partial charge in [-0.25, -0.2) is 0 Å². The summed E-state index contributed by atoms with van der Waals surface area (Å²) < 4.78 is 0. The van der Waals surface area contributed by atoms with Crippen LogP contribution in [-0.4, -0.2) is 16.5 Å². The number of halogens is 1. The molecule has 74 valence electrons. The first-order chi connectivity index (χ1) is 6.33. The monoisotopic (exact) mass is 226 g/mol. The third-order valence-corrected chi connectivity index (χ3v) is 1.74. The fourth-order valence-corrected chi connectivity index (χ4v) is 1.10. The highest BCUT2D eigenvalue weighted by atomic mass is 35.5. The first kappa shape index (κ1) is 12.9. The number of hydrogen-bond acceptors (Lipinski definition) is 2. The molecule has 0 unspecified atom stereocenters. The van der Waals surface area contributed by atoms with Crippen molar-refractivity contribution >= 4 is 29.6 Å². The van der Waals surface area contributed by atoms with Crippen LogP contribution in [0, 0.1) is 12.3 Å². The minimum absolute atomic E-state index is 0. The molecule has 0 aliphatic carbocycles. The maximum atomic E-state index is 5.08. The summed E-state index contributed by atoms with van der Waals surface area (Å²) in [5.74, 6) is 2.47. The van der Waals surface area contributed by atoms with Crippen molar-refractivity contribution in [3.8, 4) is 12.3 Å². The van der Waals surface area contributed by atoms with Gasteiger partial charge in [0.2, 0.25) is 0 Å². The molecule has 1 aromatic rings. The largest absolute Gasteiger partial charge is 0.368 e. The van der Waals surface area contributed by atoms with E-state index in [1.54, 1.807) is 6.20 Å². The number of rotatable bonds is 3. The summed E-state index contributed by atoms with van der Waals surface area (Å²) in [6, 6.07) is 5.75. The van der Waals surface area contributed by atoms with Crippen LogP contribution in [0.4, 0.5) is 0 Å². The molecule has 2 nitrogen and oxygen atoms in total. The molecule has 0 saturated heterocycles. The van der Waals surface area contributed by atoms with E-state index in [4.69, 9.17) is 18.6 Å². The Morgan fingerprint density at radius 3 is 2.93 bits per heavy atom. The normalized spacial score (nSPS) is 8.21. The number of terminal acetylenes is 1. The average Bonchev–Trinajstić information content (AvgIpc) is 2.16. The number of nitrogens with one attached hydrogen (secondary N) is 1. The lowest BCUT2D eigenvalue weighted by Gasteiger charge is -2.03. The van der Waals surface area contributed by atoms with E-state index in [0.717, 1.165) is 10.7 Å². The SMILES string of the molecule is C#CCNC(=S)Cc1ccccn1.Cl. The van der Waals surface area contributed by atoms with Gasteiger partial charge >= 0.3 is 0 Å². The third-order valence-electron chi connectivity index (χ3n) is 1.46. The molecule has 0 aliphatic heterocycles. The minimum Gasteiger partial charge on any atom is -0.368 e. The molecule has 0 aliphatic rings. The highest BCUT2D eigenvalue weighted by molar-refractivity contribution is 7.80. The quantitative estimate of drug-likeness (QED) is 0.626. The van der Waals surface area contributed by atoms with E-state index in [0.29, 0.717) is 13.0 Å². The zero-order chi connectivity index (χ0) is 9.52. The summed E-state index contributed by atoms with van der Waals surface area (Å²) in [6.07, 6.45) is 7.48. The second-order valence-corrected chi connectivity index (χ2v) is 2.97. The zero-order valence-electron chi connectivity index (χ0n) is 7.56. The van der Waals surface area contributed by atoms with Crippen molar-refractivity contribution in [2.24, 2.45) is 0 Å². The molecule has 0 fully saturated rings. The van der Waals surface area contributed by atoms with Gasteiger partial charge < -0.3 is 5.32 Å². The second kappa shape index (κ2) is 7.31. The molecular weight excluding hydrogens is 216 g/mol. The molecule has 0 atom stereocenters. The van der Waals surface area contributed by atoms with Crippen molar-refractivity contribution in [3.63, 3.8) is 0 Å². The molecule has 0 bridgehead atoms. The summed E-state index contributed by atoms with van der Waals surface area (Å²) in [5, 5.41) is 2.94. The molecule has 0 radical (unpaired) electrons. The Hall–Kier alpha value is -1.11. The molecule has 1 rings (SSSR count). The Kier molecular flexibility index (Phi) is 6.73. The number of hydrogen-bond donors (Lipinski definition) is 1. The average molecular weight is 227 g/mol. The van der Waals surface area contributed by atoms with Crippen LogP contribution >= 0.6 is 24.6 Å². The fraction of sp³-hybridized carbons (Fsp3) is 0.200. The van der Waals surface area contributed by atoms with Gasteiger partial charge in [0.1, 0.15) is 0 Å². The van der Waals surface area contributed by atoms with E-state index in [1.165, 1.54) is 0 Å². The van der Waals surface area contributed by atoms with Crippen molar-refractivity contribution in [2.75, 3.05) is 6.54 Å².